The molecule has 0 spiro atoms. The quantitative estimate of drug-likeness (QED) is 0.678. The predicted octanol–water partition coefficient (Wildman–Crippen LogP) is 2.75. The second-order valence-corrected chi connectivity index (χ2v) is 5.04. The van der Waals surface area contributed by atoms with Gasteiger partial charge < -0.3 is 15.4 Å². The summed E-state index contributed by atoms with van der Waals surface area (Å²) in [7, 11) is 0. The monoisotopic (exact) mass is 270 g/mol. The zero-order chi connectivity index (χ0) is 13.1. The van der Waals surface area contributed by atoms with E-state index in [1.807, 2.05) is 17.5 Å². The van der Waals surface area contributed by atoms with Crippen LogP contribution in [-0.2, 0) is 11.3 Å². The van der Waals surface area contributed by atoms with E-state index in [2.05, 4.69) is 17.6 Å². The van der Waals surface area contributed by atoms with Crippen molar-refractivity contribution in [1.82, 2.24) is 10.6 Å². The van der Waals surface area contributed by atoms with Crippen molar-refractivity contribution in [3.05, 3.63) is 22.4 Å². The van der Waals surface area contributed by atoms with E-state index in [0.29, 0.717) is 19.7 Å². The van der Waals surface area contributed by atoms with Crippen molar-refractivity contribution in [1.29, 1.82) is 0 Å². The molecule has 0 aliphatic carbocycles. The lowest BCUT2D eigenvalue weighted by atomic mass is 10.4. The number of hydrogen-bond acceptors (Lipinski definition) is 3. The molecule has 0 atom stereocenters. The third-order valence-corrected chi connectivity index (χ3v) is 3.27. The molecule has 1 aromatic heterocycles. The second kappa shape index (κ2) is 9.91. The normalized spacial score (nSPS) is 10.3. The zero-order valence-electron chi connectivity index (χ0n) is 10.9. The number of thiophene rings is 1. The molecule has 102 valence electrons. The zero-order valence-corrected chi connectivity index (χ0v) is 11.7. The second-order valence-electron chi connectivity index (χ2n) is 4.01. The minimum absolute atomic E-state index is 0.114. The highest BCUT2D eigenvalue weighted by Crippen LogP contribution is 2.06. The number of nitrogens with one attached hydrogen (secondary N) is 2. The molecule has 18 heavy (non-hydrogen) atoms. The molecular weight excluding hydrogens is 248 g/mol. The van der Waals surface area contributed by atoms with Crippen LogP contribution in [0.25, 0.3) is 0 Å². The van der Waals surface area contributed by atoms with Gasteiger partial charge in [-0.1, -0.05) is 19.4 Å². The van der Waals surface area contributed by atoms with Gasteiger partial charge in [-0.05, 0) is 24.3 Å². The van der Waals surface area contributed by atoms with Crippen molar-refractivity contribution >= 4 is 17.4 Å². The predicted molar refractivity (Wildman–Crippen MR) is 74.9 cm³/mol. The van der Waals surface area contributed by atoms with Crippen molar-refractivity contribution in [2.75, 3.05) is 19.8 Å². The molecular formula is C13H22N2O2S. The average Bonchev–Trinajstić information content (AvgIpc) is 2.88. The van der Waals surface area contributed by atoms with Crippen LogP contribution in [0.2, 0.25) is 0 Å². The molecule has 1 rings (SSSR count). The molecule has 5 heteroatoms. The van der Waals surface area contributed by atoms with Crippen molar-refractivity contribution < 1.29 is 9.53 Å². The maximum Gasteiger partial charge on any atom is 0.315 e. The highest BCUT2D eigenvalue weighted by Gasteiger charge is 1.99. The van der Waals surface area contributed by atoms with E-state index in [-0.39, 0.29) is 6.03 Å². The van der Waals surface area contributed by atoms with E-state index in [1.54, 1.807) is 11.3 Å². The van der Waals surface area contributed by atoms with Crippen LogP contribution in [0.5, 0.6) is 0 Å². The Morgan fingerprint density at radius 1 is 1.33 bits per heavy atom. The van der Waals surface area contributed by atoms with Gasteiger partial charge in [-0.15, -0.1) is 11.3 Å². The molecule has 0 aromatic carbocycles. The van der Waals surface area contributed by atoms with Crippen molar-refractivity contribution in [2.24, 2.45) is 0 Å². The topological polar surface area (TPSA) is 50.4 Å². The summed E-state index contributed by atoms with van der Waals surface area (Å²) in [4.78, 5) is 12.6. The number of unbranched alkanes of at least 4 members (excludes halogenated alkanes) is 1. The van der Waals surface area contributed by atoms with Crippen LogP contribution in [-0.4, -0.2) is 25.8 Å². The SMILES string of the molecule is CCCCOCCCNC(=O)NCc1cccs1. The fraction of sp³-hybridized carbons (Fsp3) is 0.615. The van der Waals surface area contributed by atoms with Gasteiger partial charge in [0.15, 0.2) is 0 Å². The first-order chi connectivity index (χ1) is 8.83. The lowest BCUT2D eigenvalue weighted by molar-refractivity contribution is 0.129. The molecule has 0 radical (unpaired) electrons. The third-order valence-electron chi connectivity index (χ3n) is 2.40. The molecule has 4 nitrogen and oxygen atoms in total. The van der Waals surface area contributed by atoms with Crippen LogP contribution in [0.3, 0.4) is 0 Å². The van der Waals surface area contributed by atoms with E-state index in [9.17, 15) is 4.79 Å². The number of ether oxygens (including phenoxy) is 1. The van der Waals surface area contributed by atoms with Crippen LogP contribution >= 0.6 is 11.3 Å². The lowest BCUT2D eigenvalue weighted by Crippen LogP contribution is -2.35. The van der Waals surface area contributed by atoms with Crippen LogP contribution in [0.15, 0.2) is 17.5 Å². The lowest BCUT2D eigenvalue weighted by Gasteiger charge is -2.07. The molecule has 0 saturated heterocycles. The van der Waals surface area contributed by atoms with Crippen LogP contribution in [0.1, 0.15) is 31.1 Å². The highest BCUT2D eigenvalue weighted by molar-refractivity contribution is 7.09. The molecule has 1 aromatic rings. The molecule has 0 fully saturated rings. The fourth-order valence-corrected chi connectivity index (χ4v) is 2.01. The Morgan fingerprint density at radius 3 is 2.89 bits per heavy atom. The molecule has 2 amide bonds. The van der Waals surface area contributed by atoms with Gasteiger partial charge in [0.25, 0.3) is 0 Å². The van der Waals surface area contributed by atoms with Gasteiger partial charge >= 0.3 is 6.03 Å². The molecule has 0 aliphatic heterocycles. The number of rotatable bonds is 9. The summed E-state index contributed by atoms with van der Waals surface area (Å²) in [6.07, 6.45) is 3.12. The standard InChI is InChI=1S/C13H22N2O2S/c1-2-3-8-17-9-5-7-14-13(16)15-11-12-6-4-10-18-12/h4,6,10H,2-3,5,7-9,11H2,1H3,(H2,14,15,16). The van der Waals surface area contributed by atoms with E-state index < -0.39 is 0 Å². The van der Waals surface area contributed by atoms with Gasteiger partial charge in [0.05, 0.1) is 6.54 Å². The van der Waals surface area contributed by atoms with Crippen molar-refractivity contribution in [3.63, 3.8) is 0 Å². The Labute approximate surface area is 113 Å². The van der Waals surface area contributed by atoms with E-state index in [4.69, 9.17) is 4.74 Å². The minimum Gasteiger partial charge on any atom is -0.381 e. The van der Waals surface area contributed by atoms with Gasteiger partial charge in [-0.2, -0.15) is 0 Å². The average molecular weight is 270 g/mol. The molecule has 0 bridgehead atoms. The smallest absolute Gasteiger partial charge is 0.315 e. The van der Waals surface area contributed by atoms with E-state index >= 15 is 0 Å². The van der Waals surface area contributed by atoms with E-state index in [1.165, 1.54) is 0 Å². The van der Waals surface area contributed by atoms with E-state index in [0.717, 1.165) is 30.7 Å². The van der Waals surface area contributed by atoms with Crippen LogP contribution < -0.4 is 10.6 Å². The summed E-state index contributed by atoms with van der Waals surface area (Å²) in [6, 6.07) is 3.87. The summed E-state index contributed by atoms with van der Waals surface area (Å²) in [6.45, 7) is 4.92. The number of hydrogen-bond donors (Lipinski definition) is 2. The Balaban J connectivity index is 1.90. The first kappa shape index (κ1) is 15.0. The van der Waals surface area contributed by atoms with Crippen molar-refractivity contribution in [3.8, 4) is 0 Å². The van der Waals surface area contributed by atoms with Crippen molar-refractivity contribution in [2.45, 2.75) is 32.7 Å². The maximum atomic E-state index is 11.4. The van der Waals surface area contributed by atoms with Gasteiger partial charge in [-0.3, -0.25) is 0 Å². The number of carbonyl (C=O) groups excluding carboxylic acids is 1. The number of carbonyl (C=O) groups is 1. The molecule has 0 aliphatic rings. The molecule has 1 heterocycles. The first-order valence-corrected chi connectivity index (χ1v) is 7.32. The van der Waals surface area contributed by atoms with Gasteiger partial charge in [0, 0.05) is 24.6 Å². The minimum atomic E-state index is -0.114. The highest BCUT2D eigenvalue weighted by atomic mass is 32.1. The maximum absolute atomic E-state index is 11.4. The Kier molecular flexibility index (Phi) is 8.25. The summed E-state index contributed by atoms with van der Waals surface area (Å²) in [5.74, 6) is 0. The molecule has 0 unspecified atom stereocenters. The Morgan fingerprint density at radius 2 is 2.17 bits per heavy atom. The first-order valence-electron chi connectivity index (χ1n) is 6.44. The number of amides is 2. The summed E-state index contributed by atoms with van der Waals surface area (Å²) in [5.41, 5.74) is 0. The summed E-state index contributed by atoms with van der Waals surface area (Å²) < 4.78 is 5.40. The number of urea groups is 1. The van der Waals surface area contributed by atoms with Gasteiger partial charge in [-0.25, -0.2) is 4.79 Å². The summed E-state index contributed by atoms with van der Waals surface area (Å²) in [5, 5.41) is 7.63. The molecule has 0 saturated carbocycles. The summed E-state index contributed by atoms with van der Waals surface area (Å²) >= 11 is 1.64. The third kappa shape index (κ3) is 7.29. The van der Waals surface area contributed by atoms with Gasteiger partial charge in [0.1, 0.15) is 0 Å². The fourth-order valence-electron chi connectivity index (χ4n) is 1.37. The molecule has 2 N–H and O–H groups in total. The van der Waals surface area contributed by atoms with Crippen LogP contribution in [0, 0.1) is 0 Å². The van der Waals surface area contributed by atoms with Crippen LogP contribution in [0.4, 0.5) is 4.79 Å². The largest absolute Gasteiger partial charge is 0.381 e. The Hall–Kier alpha value is -1.07. The Bertz CT molecular complexity index is 315. The van der Waals surface area contributed by atoms with Gasteiger partial charge in [0.2, 0.25) is 0 Å².